The van der Waals surface area contributed by atoms with Crippen LogP contribution in [0.2, 0.25) is 0 Å². The molecule has 0 atom stereocenters. The Morgan fingerprint density at radius 3 is 2.47 bits per heavy atom. The number of aromatic nitrogens is 2. The number of hydrogen-bond donors (Lipinski definition) is 0. The molecule has 0 unspecified atom stereocenters. The molecule has 0 radical (unpaired) electrons. The fraction of sp³-hybridized carbons (Fsp3) is 0.308. The molecule has 1 aromatic carbocycles. The number of hydrogen-bond acceptors (Lipinski definition) is 2. The van der Waals surface area contributed by atoms with Crippen LogP contribution < -0.4 is 0 Å². The third-order valence-corrected chi connectivity index (χ3v) is 3.37. The molecule has 0 bridgehead atoms. The first kappa shape index (κ1) is 14.1. The van der Waals surface area contributed by atoms with Gasteiger partial charge in [0.05, 0.1) is 11.2 Å². The summed E-state index contributed by atoms with van der Waals surface area (Å²) in [6.07, 6.45) is 1.97. The highest BCUT2D eigenvalue weighted by Gasteiger charge is 2.09. The smallest absolute Gasteiger partial charge is 0.140 e. The Morgan fingerprint density at radius 2 is 1.88 bits per heavy atom. The summed E-state index contributed by atoms with van der Waals surface area (Å²) in [5.41, 5.74) is 1.19. The molecule has 17 heavy (non-hydrogen) atoms. The van der Waals surface area contributed by atoms with E-state index in [1.165, 1.54) is 10.6 Å². The number of thioether (sulfide) groups is 1. The Balaban J connectivity index is 0.00000144. The highest BCUT2D eigenvalue weighted by atomic mass is 35.5. The number of benzene rings is 1. The topological polar surface area (TPSA) is 17.8 Å². The normalized spacial score (nSPS) is 10.0. The van der Waals surface area contributed by atoms with Crippen LogP contribution in [-0.4, -0.2) is 15.3 Å². The van der Waals surface area contributed by atoms with E-state index in [4.69, 9.17) is 0 Å². The van der Waals surface area contributed by atoms with Gasteiger partial charge in [0, 0.05) is 12.1 Å². The van der Waals surface area contributed by atoms with Crippen LogP contribution in [0.15, 0.2) is 41.6 Å². The predicted molar refractivity (Wildman–Crippen MR) is 77.0 cm³/mol. The summed E-state index contributed by atoms with van der Waals surface area (Å²) in [6.45, 7) is 5.29. The van der Waals surface area contributed by atoms with Crippen molar-refractivity contribution in [3.05, 3.63) is 36.5 Å². The molecular formula is C13H17ClN2S. The lowest BCUT2D eigenvalue weighted by Gasteiger charge is -2.08. The minimum Gasteiger partial charge on any atom is -0.320 e. The summed E-state index contributed by atoms with van der Waals surface area (Å²) in [4.78, 5) is 4.52. The first-order chi connectivity index (χ1) is 7.86. The molecule has 2 nitrogen and oxygen atoms in total. The van der Waals surface area contributed by atoms with Gasteiger partial charge in [-0.3, -0.25) is 0 Å². The molecule has 0 amide bonds. The van der Waals surface area contributed by atoms with Crippen molar-refractivity contribution in [1.82, 2.24) is 9.55 Å². The summed E-state index contributed by atoms with van der Waals surface area (Å²) in [5, 5.41) is 1.25. The average Bonchev–Trinajstić information content (AvgIpc) is 2.73. The molecule has 0 saturated heterocycles. The number of nitrogens with zero attached hydrogens (tertiary/aromatic N) is 2. The van der Waals surface area contributed by atoms with Crippen LogP contribution in [0.3, 0.4) is 0 Å². The molecule has 0 fully saturated rings. The van der Waals surface area contributed by atoms with Gasteiger partial charge in [-0.1, -0.05) is 37.3 Å². The number of rotatable bonds is 4. The van der Waals surface area contributed by atoms with Crippen molar-refractivity contribution in [3.63, 3.8) is 0 Å². The summed E-state index contributed by atoms with van der Waals surface area (Å²) in [6, 6.07) is 10.3. The maximum Gasteiger partial charge on any atom is 0.140 e. The molecule has 2 rings (SSSR count). The van der Waals surface area contributed by atoms with E-state index in [9.17, 15) is 0 Å². The summed E-state index contributed by atoms with van der Waals surface area (Å²) < 4.78 is 2.27. The third-order valence-electron chi connectivity index (χ3n) is 2.46. The lowest BCUT2D eigenvalue weighted by molar-refractivity contribution is 0.708. The summed E-state index contributed by atoms with van der Waals surface area (Å²) in [5.74, 6) is 2.15. The van der Waals surface area contributed by atoms with Crippen LogP contribution in [0.25, 0.3) is 11.4 Å². The zero-order chi connectivity index (χ0) is 11.4. The first-order valence-corrected chi connectivity index (χ1v) is 6.59. The second kappa shape index (κ2) is 6.72. The van der Waals surface area contributed by atoms with Crippen molar-refractivity contribution in [2.75, 3.05) is 5.75 Å². The Bertz CT molecular complexity index is 454. The van der Waals surface area contributed by atoms with Gasteiger partial charge in [0.1, 0.15) is 5.82 Å². The van der Waals surface area contributed by atoms with Gasteiger partial charge in [-0.05, 0) is 12.7 Å². The zero-order valence-corrected chi connectivity index (χ0v) is 11.7. The van der Waals surface area contributed by atoms with E-state index >= 15 is 0 Å². The molecule has 1 aromatic heterocycles. The van der Waals surface area contributed by atoms with Crippen LogP contribution in [0.1, 0.15) is 13.8 Å². The van der Waals surface area contributed by atoms with Crippen LogP contribution >= 0.6 is 24.2 Å². The fourth-order valence-corrected chi connectivity index (χ4v) is 2.54. The fourth-order valence-electron chi connectivity index (χ4n) is 1.75. The molecule has 0 aliphatic heterocycles. The molecule has 0 aliphatic carbocycles. The first-order valence-electron chi connectivity index (χ1n) is 5.60. The van der Waals surface area contributed by atoms with Gasteiger partial charge in [0.2, 0.25) is 0 Å². The van der Waals surface area contributed by atoms with Gasteiger partial charge >= 0.3 is 0 Å². The second-order valence-electron chi connectivity index (χ2n) is 3.46. The number of imidazole rings is 1. The molecule has 0 N–H and O–H groups in total. The van der Waals surface area contributed by atoms with E-state index in [0.29, 0.717) is 0 Å². The molecule has 92 valence electrons. The minimum absolute atomic E-state index is 0. The summed E-state index contributed by atoms with van der Waals surface area (Å²) >= 11 is 1.84. The summed E-state index contributed by atoms with van der Waals surface area (Å²) in [7, 11) is 0. The van der Waals surface area contributed by atoms with Gasteiger partial charge < -0.3 is 4.57 Å². The van der Waals surface area contributed by atoms with Gasteiger partial charge in [-0.15, -0.1) is 24.2 Å². The van der Waals surface area contributed by atoms with Crippen LogP contribution in [0.4, 0.5) is 0 Å². The van der Waals surface area contributed by atoms with Crippen molar-refractivity contribution in [3.8, 4) is 11.4 Å². The third kappa shape index (κ3) is 3.05. The highest BCUT2D eigenvalue weighted by Crippen LogP contribution is 2.25. The standard InChI is InChI=1S/C13H16N2S.ClH/c1-3-15-12(16-4-2)10-14-13(15)11-8-6-5-7-9-11;/h5-10H,3-4H2,1-2H3;1H. The van der Waals surface area contributed by atoms with Crippen LogP contribution in [0, 0.1) is 0 Å². The van der Waals surface area contributed by atoms with Crippen molar-refractivity contribution in [1.29, 1.82) is 0 Å². The van der Waals surface area contributed by atoms with Gasteiger partial charge in [-0.2, -0.15) is 0 Å². The number of halogens is 1. The van der Waals surface area contributed by atoms with E-state index < -0.39 is 0 Å². The van der Waals surface area contributed by atoms with Crippen molar-refractivity contribution < 1.29 is 0 Å². The molecule has 0 aliphatic rings. The SMILES string of the molecule is CCSc1cnc(-c2ccccc2)n1CC.Cl. The quantitative estimate of drug-likeness (QED) is 0.777. The molecular weight excluding hydrogens is 252 g/mol. The lowest BCUT2D eigenvalue weighted by atomic mass is 10.2. The monoisotopic (exact) mass is 268 g/mol. The van der Waals surface area contributed by atoms with E-state index in [2.05, 4.69) is 47.7 Å². The molecule has 2 aromatic rings. The highest BCUT2D eigenvalue weighted by molar-refractivity contribution is 7.99. The molecule has 0 spiro atoms. The van der Waals surface area contributed by atoms with E-state index in [-0.39, 0.29) is 12.4 Å². The molecule has 0 saturated carbocycles. The van der Waals surface area contributed by atoms with Crippen LogP contribution in [-0.2, 0) is 6.54 Å². The Labute approximate surface area is 113 Å². The Morgan fingerprint density at radius 1 is 1.18 bits per heavy atom. The lowest BCUT2D eigenvalue weighted by Crippen LogP contribution is -1.99. The zero-order valence-electron chi connectivity index (χ0n) is 10.1. The largest absolute Gasteiger partial charge is 0.320 e. The van der Waals surface area contributed by atoms with Gasteiger partial charge in [-0.25, -0.2) is 4.98 Å². The van der Waals surface area contributed by atoms with E-state index in [1.54, 1.807) is 0 Å². The van der Waals surface area contributed by atoms with E-state index in [0.717, 1.165) is 18.1 Å². The minimum atomic E-state index is 0. The van der Waals surface area contributed by atoms with Gasteiger partial charge in [0.25, 0.3) is 0 Å². The predicted octanol–water partition coefficient (Wildman–Crippen LogP) is 4.10. The van der Waals surface area contributed by atoms with Crippen molar-refractivity contribution >= 4 is 24.2 Å². The Hall–Kier alpha value is -0.930. The molecule has 1 heterocycles. The Kier molecular flexibility index (Phi) is 5.59. The second-order valence-corrected chi connectivity index (χ2v) is 4.75. The maximum absolute atomic E-state index is 4.52. The van der Waals surface area contributed by atoms with Crippen molar-refractivity contribution in [2.24, 2.45) is 0 Å². The van der Waals surface area contributed by atoms with Gasteiger partial charge in [0.15, 0.2) is 0 Å². The van der Waals surface area contributed by atoms with Crippen LogP contribution in [0.5, 0.6) is 0 Å². The van der Waals surface area contributed by atoms with E-state index in [1.807, 2.05) is 24.0 Å². The molecule has 4 heteroatoms. The average molecular weight is 269 g/mol. The van der Waals surface area contributed by atoms with Crippen molar-refractivity contribution in [2.45, 2.75) is 25.4 Å². The maximum atomic E-state index is 4.52.